The summed E-state index contributed by atoms with van der Waals surface area (Å²) in [6.07, 6.45) is 2.44. The van der Waals surface area contributed by atoms with Crippen molar-refractivity contribution in [1.29, 1.82) is 0 Å². The van der Waals surface area contributed by atoms with Crippen LogP contribution in [-0.2, 0) is 37.3 Å². The van der Waals surface area contributed by atoms with Gasteiger partial charge in [0.1, 0.15) is 11.6 Å². The van der Waals surface area contributed by atoms with E-state index >= 15 is 4.39 Å². The van der Waals surface area contributed by atoms with Crippen LogP contribution in [0.4, 0.5) is 10.1 Å². The molecule has 3 fully saturated rings. The first kappa shape index (κ1) is 34.4. The fourth-order valence-corrected chi connectivity index (χ4v) is 8.53. The molecule has 15 heteroatoms. The van der Waals surface area contributed by atoms with E-state index in [1.54, 1.807) is 24.3 Å². The standard InChI is InChI=1S/C34H38FN3O10S/c1-19(2)46-22-6-4-21(5-7-22)16-38-26-14-23(24(35)15-28(26)49(43,44)18-25(36)30(38)40)29(39)37-34-11-8-33(9-12-34,10-13-34)31(41)45-17-27-20(3)47-32(42)48-27/h4-7,14-15,19,25H,8-13,16-18,36H2,1-3H3,(H,37,39)/t25-,33?,34?/m0/s1. The van der Waals surface area contributed by atoms with Gasteiger partial charge in [0.05, 0.1) is 46.0 Å². The zero-order valence-electron chi connectivity index (χ0n) is 27.4. The maximum atomic E-state index is 15.6. The first-order valence-corrected chi connectivity index (χ1v) is 17.7. The third kappa shape index (κ3) is 6.73. The Labute approximate surface area is 281 Å². The van der Waals surface area contributed by atoms with E-state index in [1.807, 2.05) is 13.8 Å². The van der Waals surface area contributed by atoms with Crippen molar-refractivity contribution in [3.8, 4) is 5.75 Å². The molecule has 3 aliphatic carbocycles. The van der Waals surface area contributed by atoms with E-state index in [-0.39, 0.29) is 36.5 Å². The molecule has 2 aromatic carbocycles. The molecule has 1 atom stereocenters. The predicted molar refractivity (Wildman–Crippen MR) is 172 cm³/mol. The highest BCUT2D eigenvalue weighted by molar-refractivity contribution is 7.91. The van der Waals surface area contributed by atoms with Gasteiger partial charge in [0.2, 0.25) is 5.91 Å². The summed E-state index contributed by atoms with van der Waals surface area (Å²) in [7, 11) is -4.20. The van der Waals surface area contributed by atoms with E-state index < -0.39 is 72.5 Å². The maximum Gasteiger partial charge on any atom is 0.519 e. The summed E-state index contributed by atoms with van der Waals surface area (Å²) in [5.41, 5.74) is 4.60. The minimum Gasteiger partial charge on any atom is -0.491 e. The Hall–Kier alpha value is -4.50. The summed E-state index contributed by atoms with van der Waals surface area (Å²) >= 11 is 0. The number of benzene rings is 2. The third-order valence-electron chi connectivity index (χ3n) is 9.77. The second kappa shape index (κ2) is 12.8. The largest absolute Gasteiger partial charge is 0.519 e. The second-order valence-electron chi connectivity index (χ2n) is 13.4. The van der Waals surface area contributed by atoms with Crippen LogP contribution >= 0.6 is 0 Å². The lowest BCUT2D eigenvalue weighted by molar-refractivity contribution is -0.165. The Kier molecular flexibility index (Phi) is 8.94. The first-order chi connectivity index (χ1) is 23.1. The first-order valence-electron chi connectivity index (χ1n) is 16.1. The minimum atomic E-state index is -4.20. The molecule has 0 radical (unpaired) electrons. The van der Waals surface area contributed by atoms with Crippen molar-refractivity contribution >= 4 is 33.3 Å². The van der Waals surface area contributed by atoms with Gasteiger partial charge in [0.15, 0.2) is 28.0 Å². The molecule has 0 saturated heterocycles. The van der Waals surface area contributed by atoms with Crippen LogP contribution in [0.1, 0.15) is 79.8 Å². The Bertz CT molecular complexity index is 1940. The van der Waals surface area contributed by atoms with E-state index in [0.29, 0.717) is 49.8 Å². The van der Waals surface area contributed by atoms with Crippen molar-refractivity contribution in [3.63, 3.8) is 0 Å². The van der Waals surface area contributed by atoms with Gasteiger partial charge in [-0.1, -0.05) is 12.1 Å². The SMILES string of the molecule is Cc1oc(=O)oc1COC(=O)C12CCC(NC(=O)c3cc4c(cc3F)S(=O)(=O)C[C@H](N)C(=O)N4Cc3ccc(OC(C)C)cc3)(CC1)CC2. The number of hydrogen-bond donors (Lipinski definition) is 2. The van der Waals surface area contributed by atoms with Crippen molar-refractivity contribution in [2.45, 2.75) is 95.0 Å². The zero-order valence-corrected chi connectivity index (χ0v) is 28.2. The number of amides is 2. The van der Waals surface area contributed by atoms with E-state index in [0.717, 1.165) is 12.1 Å². The molecule has 3 saturated carbocycles. The fraction of sp³-hybridized carbons (Fsp3) is 0.471. The fourth-order valence-electron chi connectivity index (χ4n) is 6.96. The topological polar surface area (TPSA) is 188 Å². The van der Waals surface area contributed by atoms with Crippen LogP contribution in [0.15, 0.2) is 54.9 Å². The normalized spacial score (nSPS) is 24.3. The van der Waals surface area contributed by atoms with Gasteiger partial charge in [-0.25, -0.2) is 17.6 Å². The molecule has 49 heavy (non-hydrogen) atoms. The zero-order chi connectivity index (χ0) is 35.3. The van der Waals surface area contributed by atoms with Crippen LogP contribution in [0.5, 0.6) is 5.75 Å². The van der Waals surface area contributed by atoms with Gasteiger partial charge in [-0.15, -0.1) is 0 Å². The van der Waals surface area contributed by atoms with Crippen LogP contribution in [0.25, 0.3) is 0 Å². The maximum absolute atomic E-state index is 15.6. The molecule has 0 unspecified atom stereocenters. The number of hydrogen-bond acceptors (Lipinski definition) is 11. The number of sulfone groups is 1. The number of ether oxygens (including phenoxy) is 2. The van der Waals surface area contributed by atoms with Gasteiger partial charge >= 0.3 is 11.8 Å². The lowest BCUT2D eigenvalue weighted by atomic mass is 9.57. The number of aryl methyl sites for hydroxylation is 1. The summed E-state index contributed by atoms with van der Waals surface area (Å²) in [6, 6.07) is 7.37. The summed E-state index contributed by atoms with van der Waals surface area (Å²) in [5, 5.41) is 2.97. The van der Waals surface area contributed by atoms with Crippen LogP contribution in [0.2, 0.25) is 0 Å². The van der Waals surface area contributed by atoms with Crippen molar-refractivity contribution < 1.29 is 45.5 Å². The molecular formula is C34H38FN3O10S. The van der Waals surface area contributed by atoms with E-state index in [9.17, 15) is 27.6 Å². The molecule has 3 N–H and O–H groups in total. The van der Waals surface area contributed by atoms with Gasteiger partial charge in [-0.3, -0.25) is 14.4 Å². The van der Waals surface area contributed by atoms with Crippen LogP contribution in [0, 0.1) is 18.2 Å². The molecule has 3 aromatic rings. The molecular weight excluding hydrogens is 661 g/mol. The molecule has 1 aromatic heterocycles. The second-order valence-corrected chi connectivity index (χ2v) is 15.4. The molecule has 2 heterocycles. The molecule has 0 spiro atoms. The van der Waals surface area contributed by atoms with E-state index in [1.165, 1.54) is 11.8 Å². The molecule has 2 bridgehead atoms. The predicted octanol–water partition coefficient (Wildman–Crippen LogP) is 3.68. The lowest BCUT2D eigenvalue weighted by Gasteiger charge is -2.52. The Morgan fingerprint density at radius 1 is 1.06 bits per heavy atom. The number of fused-ring (bicyclic) bond motifs is 4. The average Bonchev–Trinajstić information content (AvgIpc) is 3.36. The van der Waals surface area contributed by atoms with Gasteiger partial charge < -0.3 is 34.3 Å². The number of carbonyl (C=O) groups is 3. The molecule has 2 amide bonds. The van der Waals surface area contributed by atoms with Gasteiger partial charge in [-0.2, -0.15) is 0 Å². The van der Waals surface area contributed by atoms with Crippen LogP contribution in [0.3, 0.4) is 0 Å². The lowest BCUT2D eigenvalue weighted by Crippen LogP contribution is -2.58. The van der Waals surface area contributed by atoms with E-state index in [4.69, 9.17) is 24.0 Å². The Morgan fingerprint density at radius 3 is 2.31 bits per heavy atom. The number of nitrogens with zero attached hydrogens (tertiary/aromatic N) is 1. The third-order valence-corrected chi connectivity index (χ3v) is 11.6. The summed E-state index contributed by atoms with van der Waals surface area (Å²) in [6.45, 7) is 4.98. The van der Waals surface area contributed by atoms with Crippen molar-refractivity contribution in [1.82, 2.24) is 5.32 Å². The highest BCUT2D eigenvalue weighted by Gasteiger charge is 2.54. The van der Waals surface area contributed by atoms with Crippen molar-refractivity contribution in [2.24, 2.45) is 11.1 Å². The van der Waals surface area contributed by atoms with Gasteiger partial charge in [-0.05, 0) is 89.1 Å². The van der Waals surface area contributed by atoms with E-state index in [2.05, 4.69) is 5.32 Å². The molecule has 7 rings (SSSR count). The highest BCUT2D eigenvalue weighted by Crippen LogP contribution is 2.53. The summed E-state index contributed by atoms with van der Waals surface area (Å²) < 4.78 is 63.1. The molecule has 4 aliphatic rings. The van der Waals surface area contributed by atoms with Crippen molar-refractivity contribution in [2.75, 3.05) is 10.7 Å². The number of esters is 1. The Morgan fingerprint density at radius 2 is 1.71 bits per heavy atom. The van der Waals surface area contributed by atoms with Crippen LogP contribution in [-0.4, -0.2) is 49.6 Å². The minimum absolute atomic E-state index is 0.0531. The number of rotatable bonds is 9. The number of nitrogens with two attached hydrogens (primary N) is 1. The van der Waals surface area contributed by atoms with Gasteiger partial charge in [0, 0.05) is 5.54 Å². The number of nitrogens with one attached hydrogen (secondary N) is 1. The van der Waals surface area contributed by atoms with Gasteiger partial charge in [0.25, 0.3) is 5.91 Å². The Balaban J connectivity index is 1.21. The summed E-state index contributed by atoms with van der Waals surface area (Å²) in [4.78, 5) is 52.4. The quantitative estimate of drug-likeness (QED) is 0.310. The molecule has 262 valence electrons. The number of anilines is 1. The van der Waals surface area contributed by atoms with Crippen LogP contribution < -0.4 is 26.5 Å². The highest BCUT2D eigenvalue weighted by atomic mass is 32.2. The molecule has 1 aliphatic heterocycles. The summed E-state index contributed by atoms with van der Waals surface area (Å²) in [5.74, 6) is -3.56. The molecule has 13 nitrogen and oxygen atoms in total. The average molecular weight is 700 g/mol. The number of halogens is 1. The monoisotopic (exact) mass is 699 g/mol. The smallest absolute Gasteiger partial charge is 0.491 e. The number of carbonyl (C=O) groups excluding carboxylic acids is 3. The van der Waals surface area contributed by atoms with Crippen molar-refractivity contribution in [3.05, 3.63) is 75.5 Å².